The average Bonchev–Trinajstić information content (AvgIpc) is 3.00. The molecule has 0 radical (unpaired) electrons. The number of benzene rings is 1. The van der Waals surface area contributed by atoms with Gasteiger partial charge in [0.2, 0.25) is 5.89 Å². The zero-order valence-electron chi connectivity index (χ0n) is 14.8. The Labute approximate surface area is 166 Å². The first-order valence-corrected chi connectivity index (χ1v) is 9.03. The lowest BCUT2D eigenvalue weighted by Crippen LogP contribution is -2.48. The Morgan fingerprint density at radius 1 is 1.11 bits per heavy atom. The maximum atomic E-state index is 11.6. The smallest absolute Gasteiger partial charge is 0.321 e. The number of hydrogen-bond acceptors (Lipinski definition) is 5. The number of rotatable bonds is 9. The summed E-state index contributed by atoms with van der Waals surface area (Å²) in [5.41, 5.74) is 0.927. The van der Waals surface area contributed by atoms with E-state index in [4.69, 9.17) is 27.6 Å². The quantitative estimate of drug-likeness (QED) is 0.572. The number of oxazole rings is 1. The van der Waals surface area contributed by atoms with Gasteiger partial charge >= 0.3 is 11.9 Å². The van der Waals surface area contributed by atoms with Crippen LogP contribution < -0.4 is 5.32 Å². The van der Waals surface area contributed by atoms with Crippen LogP contribution in [0, 0.1) is 5.92 Å². The number of hydrogen-bond donors (Lipinski definition) is 3. The summed E-state index contributed by atoms with van der Waals surface area (Å²) in [4.78, 5) is 27.2. The van der Waals surface area contributed by atoms with Crippen molar-refractivity contribution in [2.45, 2.75) is 38.8 Å². The van der Waals surface area contributed by atoms with Crippen LogP contribution in [0.15, 0.2) is 28.9 Å². The predicted molar refractivity (Wildman–Crippen MR) is 101 cm³/mol. The molecule has 0 aliphatic rings. The molecular weight excluding hydrogens is 395 g/mol. The van der Waals surface area contributed by atoms with Gasteiger partial charge in [0.15, 0.2) is 0 Å². The standard InChI is InChI=1S/C18H20Cl2N2O5/c1-9(2)3-14(17(23)24)22-15(18(25)26)7-13-8-27-16(21-13)10-4-11(19)6-12(20)5-10/h4-6,8-9,14-15,22H,3,7H2,1-2H3,(H,23,24)(H,25,26)/t14-,15-/m0/s1. The zero-order chi connectivity index (χ0) is 20.1. The number of carbonyl (C=O) groups is 2. The molecule has 0 aliphatic heterocycles. The van der Waals surface area contributed by atoms with Crippen molar-refractivity contribution in [3.05, 3.63) is 40.2 Å². The molecular formula is C18H20Cl2N2O5. The normalized spacial score (nSPS) is 13.5. The van der Waals surface area contributed by atoms with E-state index in [9.17, 15) is 19.8 Å². The molecule has 1 heterocycles. The summed E-state index contributed by atoms with van der Waals surface area (Å²) < 4.78 is 5.39. The zero-order valence-corrected chi connectivity index (χ0v) is 16.3. The van der Waals surface area contributed by atoms with Crippen LogP contribution in [0.4, 0.5) is 0 Å². The Morgan fingerprint density at radius 2 is 1.70 bits per heavy atom. The van der Waals surface area contributed by atoms with Gasteiger partial charge in [-0.1, -0.05) is 37.0 Å². The number of aliphatic carboxylic acids is 2. The monoisotopic (exact) mass is 414 g/mol. The Hall–Kier alpha value is -2.09. The van der Waals surface area contributed by atoms with Crippen LogP contribution >= 0.6 is 23.2 Å². The average molecular weight is 415 g/mol. The fraction of sp³-hybridized carbons (Fsp3) is 0.389. The molecule has 7 nitrogen and oxygen atoms in total. The largest absolute Gasteiger partial charge is 0.480 e. The molecule has 0 bridgehead atoms. The van der Waals surface area contributed by atoms with Crippen molar-refractivity contribution >= 4 is 35.1 Å². The van der Waals surface area contributed by atoms with Crippen molar-refractivity contribution in [2.75, 3.05) is 0 Å². The van der Waals surface area contributed by atoms with Gasteiger partial charge in [-0.25, -0.2) is 4.98 Å². The van der Waals surface area contributed by atoms with Crippen molar-refractivity contribution in [3.63, 3.8) is 0 Å². The van der Waals surface area contributed by atoms with E-state index >= 15 is 0 Å². The lowest BCUT2D eigenvalue weighted by molar-refractivity contribution is -0.142. The first kappa shape index (κ1) is 21.2. The maximum Gasteiger partial charge on any atom is 0.321 e. The summed E-state index contributed by atoms with van der Waals surface area (Å²) in [6.45, 7) is 3.74. The molecule has 3 N–H and O–H groups in total. The van der Waals surface area contributed by atoms with Gasteiger partial charge in [0.1, 0.15) is 18.3 Å². The van der Waals surface area contributed by atoms with Gasteiger partial charge in [-0.05, 0) is 30.5 Å². The van der Waals surface area contributed by atoms with Crippen LogP contribution in [0.1, 0.15) is 26.0 Å². The summed E-state index contributed by atoms with van der Waals surface area (Å²) in [6, 6.07) is 2.73. The fourth-order valence-corrected chi connectivity index (χ4v) is 3.12. The molecule has 2 atom stereocenters. The second-order valence-electron chi connectivity index (χ2n) is 6.58. The molecule has 0 unspecified atom stereocenters. The number of nitrogens with one attached hydrogen (secondary N) is 1. The molecule has 2 rings (SSSR count). The summed E-state index contributed by atoms with van der Waals surface area (Å²) in [7, 11) is 0. The third-order valence-corrected chi connectivity index (χ3v) is 4.22. The maximum absolute atomic E-state index is 11.6. The highest BCUT2D eigenvalue weighted by molar-refractivity contribution is 6.35. The number of carboxylic acids is 2. The van der Waals surface area contributed by atoms with Crippen LogP contribution in [-0.2, 0) is 16.0 Å². The van der Waals surface area contributed by atoms with Gasteiger partial charge in [0.25, 0.3) is 0 Å². The number of carboxylic acid groups (broad SMARTS) is 2. The van der Waals surface area contributed by atoms with Crippen molar-refractivity contribution in [1.82, 2.24) is 10.3 Å². The van der Waals surface area contributed by atoms with E-state index in [1.54, 1.807) is 18.2 Å². The molecule has 0 fully saturated rings. The van der Waals surface area contributed by atoms with E-state index in [-0.39, 0.29) is 18.2 Å². The SMILES string of the molecule is CC(C)C[C@H](N[C@@H](Cc1coc(-c2cc(Cl)cc(Cl)c2)n1)C(=O)O)C(=O)O. The number of aromatic nitrogens is 1. The van der Waals surface area contributed by atoms with Crippen molar-refractivity contribution in [3.8, 4) is 11.5 Å². The Kier molecular flexibility index (Phi) is 7.24. The summed E-state index contributed by atoms with van der Waals surface area (Å²) in [5, 5.41) is 22.3. The third-order valence-electron chi connectivity index (χ3n) is 3.78. The molecule has 0 saturated heterocycles. The molecule has 1 aromatic carbocycles. The van der Waals surface area contributed by atoms with E-state index in [1.807, 2.05) is 13.8 Å². The highest BCUT2D eigenvalue weighted by Gasteiger charge is 2.27. The summed E-state index contributed by atoms with van der Waals surface area (Å²) in [6.07, 6.45) is 1.61. The lowest BCUT2D eigenvalue weighted by atomic mass is 10.0. The van der Waals surface area contributed by atoms with Gasteiger partial charge in [-0.2, -0.15) is 0 Å². The molecule has 2 aromatic rings. The van der Waals surface area contributed by atoms with Crippen molar-refractivity contribution < 1.29 is 24.2 Å². The molecule has 0 amide bonds. The van der Waals surface area contributed by atoms with Gasteiger partial charge in [-0.3, -0.25) is 14.9 Å². The summed E-state index contributed by atoms with van der Waals surface area (Å²) >= 11 is 11.9. The fourth-order valence-electron chi connectivity index (χ4n) is 2.59. The van der Waals surface area contributed by atoms with Crippen LogP contribution in [0.3, 0.4) is 0 Å². The second-order valence-corrected chi connectivity index (χ2v) is 7.46. The van der Waals surface area contributed by atoms with E-state index < -0.39 is 24.0 Å². The molecule has 1 aromatic heterocycles. The highest BCUT2D eigenvalue weighted by atomic mass is 35.5. The number of halogens is 2. The highest BCUT2D eigenvalue weighted by Crippen LogP contribution is 2.27. The molecule has 0 saturated carbocycles. The third kappa shape index (κ3) is 6.23. The second kappa shape index (κ2) is 9.21. The molecule has 9 heteroatoms. The Balaban J connectivity index is 2.16. The Morgan fingerprint density at radius 3 is 2.22 bits per heavy atom. The number of nitrogens with zero attached hydrogens (tertiary/aromatic N) is 1. The van der Waals surface area contributed by atoms with Gasteiger partial charge < -0.3 is 14.6 Å². The molecule has 27 heavy (non-hydrogen) atoms. The van der Waals surface area contributed by atoms with Crippen molar-refractivity contribution in [2.24, 2.45) is 5.92 Å². The summed E-state index contributed by atoms with van der Waals surface area (Å²) in [5.74, 6) is -1.92. The van der Waals surface area contributed by atoms with E-state index in [1.165, 1.54) is 6.26 Å². The molecule has 146 valence electrons. The Bertz CT molecular complexity index is 802. The van der Waals surface area contributed by atoms with Gasteiger partial charge in [0.05, 0.1) is 5.69 Å². The minimum absolute atomic E-state index is 0.0327. The van der Waals surface area contributed by atoms with Gasteiger partial charge in [-0.15, -0.1) is 0 Å². The minimum atomic E-state index is -1.17. The lowest BCUT2D eigenvalue weighted by Gasteiger charge is -2.21. The van der Waals surface area contributed by atoms with Gasteiger partial charge in [0, 0.05) is 22.0 Å². The predicted octanol–water partition coefficient (Wildman–Crippen LogP) is 3.73. The topological polar surface area (TPSA) is 113 Å². The molecule has 0 aliphatic carbocycles. The van der Waals surface area contributed by atoms with Crippen LogP contribution in [0.2, 0.25) is 10.0 Å². The first-order valence-electron chi connectivity index (χ1n) is 8.28. The van der Waals surface area contributed by atoms with E-state index in [2.05, 4.69) is 10.3 Å². The van der Waals surface area contributed by atoms with Crippen LogP contribution in [-0.4, -0.2) is 39.2 Å². The van der Waals surface area contributed by atoms with E-state index in [0.29, 0.717) is 27.7 Å². The molecule has 0 spiro atoms. The van der Waals surface area contributed by atoms with Crippen LogP contribution in [0.5, 0.6) is 0 Å². The van der Waals surface area contributed by atoms with E-state index in [0.717, 1.165) is 0 Å². The van der Waals surface area contributed by atoms with Crippen molar-refractivity contribution in [1.29, 1.82) is 0 Å². The minimum Gasteiger partial charge on any atom is -0.480 e. The van der Waals surface area contributed by atoms with Crippen LogP contribution in [0.25, 0.3) is 11.5 Å². The first-order chi connectivity index (χ1) is 12.7.